The van der Waals surface area contributed by atoms with Crippen LogP contribution in [0.5, 0.6) is 5.75 Å². The van der Waals surface area contributed by atoms with Crippen molar-refractivity contribution in [2.75, 3.05) is 6.61 Å². The maximum atomic E-state index is 11.6. The molecule has 0 aromatic heterocycles. The number of halogens is 1. The average Bonchev–Trinajstić information content (AvgIpc) is 2.36. The molecule has 0 fully saturated rings. The van der Waals surface area contributed by atoms with Crippen molar-refractivity contribution in [1.82, 2.24) is 5.32 Å². The molecule has 0 radical (unpaired) electrons. The molecule has 20 heavy (non-hydrogen) atoms. The van der Waals surface area contributed by atoms with Crippen molar-refractivity contribution in [3.63, 3.8) is 0 Å². The van der Waals surface area contributed by atoms with E-state index in [1.54, 1.807) is 0 Å². The van der Waals surface area contributed by atoms with Crippen molar-refractivity contribution >= 4 is 27.8 Å². The maximum absolute atomic E-state index is 11.6. The van der Waals surface area contributed by atoms with Gasteiger partial charge >= 0.3 is 5.97 Å². The van der Waals surface area contributed by atoms with Crippen LogP contribution in [0.3, 0.4) is 0 Å². The highest BCUT2D eigenvalue weighted by molar-refractivity contribution is 9.10. The molecule has 2 N–H and O–H groups in total. The summed E-state index contributed by atoms with van der Waals surface area (Å²) in [6, 6.07) is 7.41. The Balaban J connectivity index is 2.26. The number of hydrogen-bond donors (Lipinski definition) is 2. The van der Waals surface area contributed by atoms with E-state index in [0.29, 0.717) is 13.0 Å². The average molecular weight is 344 g/mol. The molecule has 0 saturated heterocycles. The number of hydrogen-bond acceptors (Lipinski definition) is 3. The van der Waals surface area contributed by atoms with Crippen LogP contribution in [-0.4, -0.2) is 29.1 Å². The largest absolute Gasteiger partial charge is 0.494 e. The predicted molar refractivity (Wildman–Crippen MR) is 78.7 cm³/mol. The number of rotatable bonds is 7. The molecule has 1 rings (SSSR count). The summed E-state index contributed by atoms with van der Waals surface area (Å²) in [4.78, 5) is 22.4. The molecule has 5 nitrogen and oxygen atoms in total. The summed E-state index contributed by atoms with van der Waals surface area (Å²) in [5.41, 5.74) is -1.25. The lowest BCUT2D eigenvalue weighted by Gasteiger charge is -2.20. The Morgan fingerprint density at radius 3 is 2.45 bits per heavy atom. The molecule has 0 unspecified atom stereocenters. The summed E-state index contributed by atoms with van der Waals surface area (Å²) < 4.78 is 6.44. The van der Waals surface area contributed by atoms with Gasteiger partial charge in [0.25, 0.3) is 0 Å². The van der Waals surface area contributed by atoms with Gasteiger partial charge in [-0.05, 0) is 44.5 Å². The topological polar surface area (TPSA) is 75.6 Å². The highest BCUT2D eigenvalue weighted by atomic mass is 79.9. The third-order valence-corrected chi connectivity index (χ3v) is 3.15. The molecule has 0 bridgehead atoms. The normalized spacial score (nSPS) is 10.9. The van der Waals surface area contributed by atoms with Crippen LogP contribution in [0.25, 0.3) is 0 Å². The van der Waals surface area contributed by atoms with Gasteiger partial charge in [0.15, 0.2) is 0 Å². The second kappa shape index (κ2) is 7.28. The van der Waals surface area contributed by atoms with Gasteiger partial charge in [0, 0.05) is 10.9 Å². The zero-order chi connectivity index (χ0) is 15.2. The Morgan fingerprint density at radius 1 is 1.30 bits per heavy atom. The number of carbonyl (C=O) groups excluding carboxylic acids is 1. The first-order valence-corrected chi connectivity index (χ1v) is 7.03. The number of nitrogens with one attached hydrogen (secondary N) is 1. The predicted octanol–water partition coefficient (Wildman–Crippen LogP) is 2.59. The van der Waals surface area contributed by atoms with Gasteiger partial charge in [-0.1, -0.05) is 15.9 Å². The lowest BCUT2D eigenvalue weighted by Crippen LogP contribution is -2.49. The standard InChI is InChI=1S/C14H18BrNO4/c1-14(2,13(18)19)16-12(17)4-3-9-20-11-7-5-10(15)6-8-11/h5-8H,3-4,9H2,1-2H3,(H,16,17)(H,18,19). The molecule has 0 atom stereocenters. The summed E-state index contributed by atoms with van der Waals surface area (Å²) in [7, 11) is 0. The third-order valence-electron chi connectivity index (χ3n) is 2.62. The van der Waals surface area contributed by atoms with E-state index in [-0.39, 0.29) is 12.3 Å². The second-order valence-corrected chi connectivity index (χ2v) is 5.80. The Bertz CT molecular complexity index is 471. The third kappa shape index (κ3) is 5.61. The minimum absolute atomic E-state index is 0.229. The monoisotopic (exact) mass is 343 g/mol. The van der Waals surface area contributed by atoms with Crippen molar-refractivity contribution in [2.45, 2.75) is 32.2 Å². The van der Waals surface area contributed by atoms with Crippen LogP contribution < -0.4 is 10.1 Å². The van der Waals surface area contributed by atoms with Crippen molar-refractivity contribution < 1.29 is 19.4 Å². The fourth-order valence-corrected chi connectivity index (χ4v) is 1.68. The van der Waals surface area contributed by atoms with Crippen LogP contribution >= 0.6 is 15.9 Å². The van der Waals surface area contributed by atoms with Crippen molar-refractivity contribution in [1.29, 1.82) is 0 Å². The van der Waals surface area contributed by atoms with Gasteiger partial charge in [-0.15, -0.1) is 0 Å². The Kier molecular flexibility index (Phi) is 6.01. The molecular formula is C14H18BrNO4. The first kappa shape index (κ1) is 16.5. The first-order chi connectivity index (χ1) is 9.31. The van der Waals surface area contributed by atoms with Crippen LogP contribution in [0, 0.1) is 0 Å². The van der Waals surface area contributed by atoms with Crippen molar-refractivity contribution in [3.8, 4) is 5.75 Å². The van der Waals surface area contributed by atoms with Gasteiger partial charge < -0.3 is 15.2 Å². The van der Waals surface area contributed by atoms with Crippen LogP contribution in [0.2, 0.25) is 0 Å². The molecular weight excluding hydrogens is 326 g/mol. The summed E-state index contributed by atoms with van der Waals surface area (Å²) in [6.07, 6.45) is 0.755. The molecule has 0 heterocycles. The molecule has 0 aliphatic carbocycles. The van der Waals surface area contributed by atoms with E-state index in [2.05, 4.69) is 21.2 Å². The fourth-order valence-electron chi connectivity index (χ4n) is 1.42. The second-order valence-electron chi connectivity index (χ2n) is 4.88. The zero-order valence-corrected chi connectivity index (χ0v) is 13.1. The number of carbonyl (C=O) groups is 2. The van der Waals surface area contributed by atoms with E-state index >= 15 is 0 Å². The first-order valence-electron chi connectivity index (χ1n) is 6.24. The number of carboxylic acid groups (broad SMARTS) is 1. The smallest absolute Gasteiger partial charge is 0.328 e. The highest BCUT2D eigenvalue weighted by Gasteiger charge is 2.28. The van der Waals surface area contributed by atoms with E-state index < -0.39 is 11.5 Å². The SMILES string of the molecule is CC(C)(NC(=O)CCCOc1ccc(Br)cc1)C(=O)O. The van der Waals surface area contributed by atoms with Gasteiger partial charge in [-0.2, -0.15) is 0 Å². The molecule has 0 aliphatic rings. The van der Waals surface area contributed by atoms with Gasteiger partial charge in [-0.3, -0.25) is 4.79 Å². The molecule has 0 saturated carbocycles. The number of benzene rings is 1. The number of aliphatic carboxylic acids is 1. The quantitative estimate of drug-likeness (QED) is 0.746. The van der Waals surface area contributed by atoms with Crippen LogP contribution in [0.15, 0.2) is 28.7 Å². The number of amides is 1. The minimum Gasteiger partial charge on any atom is -0.494 e. The Labute approximate surface area is 126 Å². The molecule has 0 aliphatic heterocycles. The van der Waals surface area contributed by atoms with E-state index in [4.69, 9.17) is 9.84 Å². The maximum Gasteiger partial charge on any atom is 0.328 e. The highest BCUT2D eigenvalue weighted by Crippen LogP contribution is 2.16. The summed E-state index contributed by atoms with van der Waals surface area (Å²) in [5.74, 6) is -0.617. The van der Waals surface area contributed by atoms with Crippen molar-refractivity contribution in [2.24, 2.45) is 0 Å². The van der Waals surface area contributed by atoms with Crippen LogP contribution in [0.1, 0.15) is 26.7 Å². The molecule has 6 heteroatoms. The van der Waals surface area contributed by atoms with Crippen LogP contribution in [0.4, 0.5) is 0 Å². The Morgan fingerprint density at radius 2 is 1.90 bits per heavy atom. The Hall–Kier alpha value is -1.56. The minimum atomic E-state index is -1.25. The summed E-state index contributed by atoms with van der Waals surface area (Å²) in [5, 5.41) is 11.4. The van der Waals surface area contributed by atoms with E-state index in [1.165, 1.54) is 13.8 Å². The van der Waals surface area contributed by atoms with E-state index in [0.717, 1.165) is 10.2 Å². The molecule has 1 aromatic carbocycles. The van der Waals surface area contributed by atoms with Gasteiger partial charge in [-0.25, -0.2) is 4.79 Å². The van der Waals surface area contributed by atoms with Gasteiger partial charge in [0.05, 0.1) is 6.61 Å². The number of carboxylic acids is 1. The zero-order valence-electron chi connectivity index (χ0n) is 11.5. The van der Waals surface area contributed by atoms with E-state index in [9.17, 15) is 9.59 Å². The van der Waals surface area contributed by atoms with Gasteiger partial charge in [0.1, 0.15) is 11.3 Å². The lowest BCUT2D eigenvalue weighted by molar-refractivity contribution is -0.146. The summed E-state index contributed by atoms with van der Waals surface area (Å²) in [6.45, 7) is 3.31. The van der Waals surface area contributed by atoms with Crippen LogP contribution in [-0.2, 0) is 9.59 Å². The van der Waals surface area contributed by atoms with E-state index in [1.807, 2.05) is 24.3 Å². The molecule has 110 valence electrons. The molecule has 0 spiro atoms. The molecule has 1 amide bonds. The lowest BCUT2D eigenvalue weighted by atomic mass is 10.1. The summed E-state index contributed by atoms with van der Waals surface area (Å²) >= 11 is 3.33. The van der Waals surface area contributed by atoms with Gasteiger partial charge in [0.2, 0.25) is 5.91 Å². The fraction of sp³-hybridized carbons (Fsp3) is 0.429. The van der Waals surface area contributed by atoms with Crippen molar-refractivity contribution in [3.05, 3.63) is 28.7 Å². The number of ether oxygens (including phenoxy) is 1. The molecule has 1 aromatic rings.